The van der Waals surface area contributed by atoms with Crippen LogP contribution in [-0.2, 0) is 39.9 Å². The van der Waals surface area contributed by atoms with Crippen LogP contribution in [0.5, 0.6) is 5.75 Å². The van der Waals surface area contributed by atoms with Crippen molar-refractivity contribution < 1.29 is 38.1 Å². The Labute approximate surface area is 220 Å². The number of ether oxygens (including phenoxy) is 6. The van der Waals surface area contributed by atoms with Crippen LogP contribution in [-0.4, -0.2) is 75.8 Å². The highest BCUT2D eigenvalue weighted by molar-refractivity contribution is 5.86. The van der Waals surface area contributed by atoms with Crippen molar-refractivity contribution >= 4 is 5.91 Å². The summed E-state index contributed by atoms with van der Waals surface area (Å²) in [5.41, 5.74) is 1.06. The lowest BCUT2D eigenvalue weighted by atomic mass is 10.0. The van der Waals surface area contributed by atoms with E-state index in [4.69, 9.17) is 33.3 Å². The number of benzene rings is 1. The number of rotatable bonds is 14. The van der Waals surface area contributed by atoms with Gasteiger partial charge in [-0.1, -0.05) is 30.0 Å². The predicted octanol–water partition coefficient (Wildman–Crippen LogP) is 3.86. The average Bonchev–Trinajstić information content (AvgIpc) is 3.20. The summed E-state index contributed by atoms with van der Waals surface area (Å²) in [5, 5.41) is 1.14. The smallest absolute Gasteiger partial charge is 0.269 e. The number of amides is 1. The van der Waals surface area contributed by atoms with Gasteiger partial charge in [-0.15, -0.1) is 0 Å². The molecule has 1 fully saturated rings. The molecule has 1 heterocycles. The van der Waals surface area contributed by atoms with E-state index < -0.39 is 18.0 Å². The normalized spacial score (nSPS) is 20.3. The van der Waals surface area contributed by atoms with Crippen molar-refractivity contribution in [1.82, 2.24) is 5.06 Å². The number of nitrogens with zero attached hydrogens (tertiary/aromatic N) is 1. The first-order valence-electron chi connectivity index (χ1n) is 12.4. The average molecular weight is 520 g/mol. The lowest BCUT2D eigenvalue weighted by Gasteiger charge is -2.22. The molecule has 1 amide bonds. The van der Waals surface area contributed by atoms with Crippen molar-refractivity contribution in [3.05, 3.63) is 42.0 Å². The highest BCUT2D eigenvalue weighted by Gasteiger charge is 2.44. The van der Waals surface area contributed by atoms with E-state index in [2.05, 4.69) is 11.8 Å². The van der Waals surface area contributed by atoms with Crippen LogP contribution in [0, 0.1) is 11.8 Å². The molecule has 1 aromatic rings. The van der Waals surface area contributed by atoms with Crippen LogP contribution >= 0.6 is 0 Å². The molecule has 206 valence electrons. The topological polar surface area (TPSA) is 84.9 Å². The Bertz CT molecular complexity index is 905. The zero-order valence-electron chi connectivity index (χ0n) is 23.0. The fourth-order valence-electron chi connectivity index (χ4n) is 3.55. The maximum absolute atomic E-state index is 12.0. The monoisotopic (exact) mass is 519 g/mol. The Kier molecular flexibility index (Phi) is 13.1. The molecule has 0 N–H and O–H groups in total. The Morgan fingerprint density at radius 2 is 1.92 bits per heavy atom. The number of carbonyl (C=O) groups is 1. The zero-order chi connectivity index (χ0) is 27.3. The molecule has 1 saturated heterocycles. The maximum atomic E-state index is 12.0. The summed E-state index contributed by atoms with van der Waals surface area (Å²) in [4.78, 5) is 16.9. The summed E-state index contributed by atoms with van der Waals surface area (Å²) in [5.74, 6) is 6.09. The van der Waals surface area contributed by atoms with Gasteiger partial charge >= 0.3 is 0 Å². The molecular formula is C28H41NO8. The van der Waals surface area contributed by atoms with Gasteiger partial charge in [0.2, 0.25) is 0 Å². The molecule has 4 atom stereocenters. The minimum Gasteiger partial charge on any atom is -0.497 e. The first-order valence-corrected chi connectivity index (χ1v) is 12.4. The molecule has 1 aromatic carbocycles. The van der Waals surface area contributed by atoms with E-state index in [1.807, 2.05) is 52.0 Å². The molecule has 0 spiro atoms. The lowest BCUT2D eigenvalue weighted by molar-refractivity contribution is -0.163. The minimum absolute atomic E-state index is 0.0816. The molecule has 9 heteroatoms. The molecule has 1 unspecified atom stereocenters. The van der Waals surface area contributed by atoms with Crippen LogP contribution in [0.2, 0.25) is 0 Å². The van der Waals surface area contributed by atoms with Gasteiger partial charge in [0.1, 0.15) is 24.8 Å². The Morgan fingerprint density at radius 1 is 1.19 bits per heavy atom. The van der Waals surface area contributed by atoms with Crippen molar-refractivity contribution in [2.45, 2.75) is 77.3 Å². The second-order valence-corrected chi connectivity index (χ2v) is 8.99. The summed E-state index contributed by atoms with van der Waals surface area (Å²) >= 11 is 0. The van der Waals surface area contributed by atoms with E-state index >= 15 is 0 Å². The van der Waals surface area contributed by atoms with Gasteiger partial charge in [-0.25, -0.2) is 5.06 Å². The van der Waals surface area contributed by atoms with Crippen molar-refractivity contribution in [2.24, 2.45) is 0 Å². The fourth-order valence-corrected chi connectivity index (χ4v) is 3.55. The van der Waals surface area contributed by atoms with Gasteiger partial charge < -0.3 is 28.4 Å². The molecule has 37 heavy (non-hydrogen) atoms. The van der Waals surface area contributed by atoms with Gasteiger partial charge in [0, 0.05) is 26.2 Å². The molecule has 2 rings (SSSR count). The summed E-state index contributed by atoms with van der Waals surface area (Å²) in [6.07, 6.45) is 2.63. The van der Waals surface area contributed by atoms with E-state index in [-0.39, 0.29) is 24.9 Å². The Hall–Kier alpha value is -2.45. The van der Waals surface area contributed by atoms with Crippen LogP contribution < -0.4 is 4.74 Å². The number of methoxy groups -OCH3 is 1. The van der Waals surface area contributed by atoms with Crippen molar-refractivity contribution in [1.29, 1.82) is 0 Å². The summed E-state index contributed by atoms with van der Waals surface area (Å²) in [6.45, 7) is 8.65. The van der Waals surface area contributed by atoms with Crippen LogP contribution in [0.3, 0.4) is 0 Å². The predicted molar refractivity (Wildman–Crippen MR) is 138 cm³/mol. The first-order chi connectivity index (χ1) is 17.7. The van der Waals surface area contributed by atoms with Gasteiger partial charge in [-0.3, -0.25) is 9.63 Å². The van der Waals surface area contributed by atoms with E-state index in [0.29, 0.717) is 26.1 Å². The molecule has 0 saturated carbocycles. The van der Waals surface area contributed by atoms with Crippen LogP contribution in [0.25, 0.3) is 0 Å². The lowest BCUT2D eigenvalue weighted by Crippen LogP contribution is -2.37. The van der Waals surface area contributed by atoms with Crippen LogP contribution in [0.1, 0.15) is 46.1 Å². The molecule has 0 radical (unpaired) electrons. The summed E-state index contributed by atoms with van der Waals surface area (Å²) in [7, 11) is 4.62. The van der Waals surface area contributed by atoms with Crippen molar-refractivity contribution in [2.75, 3.05) is 34.7 Å². The third-order valence-corrected chi connectivity index (χ3v) is 5.60. The number of hydroxylamine groups is 2. The largest absolute Gasteiger partial charge is 0.497 e. The molecule has 9 nitrogen and oxygen atoms in total. The third kappa shape index (κ3) is 10.8. The summed E-state index contributed by atoms with van der Waals surface area (Å²) < 4.78 is 34.7. The van der Waals surface area contributed by atoms with E-state index in [9.17, 15) is 4.79 Å². The van der Waals surface area contributed by atoms with Crippen molar-refractivity contribution in [3.8, 4) is 17.6 Å². The molecule has 0 aromatic heterocycles. The molecule has 1 aliphatic rings. The molecule has 0 bridgehead atoms. The third-order valence-electron chi connectivity index (χ3n) is 5.60. The second kappa shape index (κ2) is 15.7. The van der Waals surface area contributed by atoms with E-state index in [1.54, 1.807) is 20.2 Å². The fraction of sp³-hybridized carbons (Fsp3) is 0.607. The maximum Gasteiger partial charge on any atom is 0.269 e. The first kappa shape index (κ1) is 30.8. The van der Waals surface area contributed by atoms with Gasteiger partial charge in [0.15, 0.2) is 5.79 Å². The van der Waals surface area contributed by atoms with Gasteiger partial charge in [-0.05, 0) is 51.8 Å². The zero-order valence-corrected chi connectivity index (χ0v) is 23.0. The van der Waals surface area contributed by atoms with E-state index in [1.165, 1.54) is 13.2 Å². The van der Waals surface area contributed by atoms with Gasteiger partial charge in [0.05, 0.1) is 33.0 Å². The standard InChI is InChI=1S/C28H41NO8/c1-8-33-20-35-24(12-9-11-21(2)34-19-22-15-17-23(31-6)18-16-22)27-25(36-28(3,4)37-27)13-10-14-26(30)29(5)32-7/h10,14-18,21,24-25,27H,8,11,13,19-20H2,1-7H3/b14-10+/t21-,24?,25-,27+/m0/s1. The number of hydrogen-bond donors (Lipinski definition) is 0. The molecule has 0 aliphatic carbocycles. The number of likely N-dealkylation sites (N-methyl/N-ethyl adjacent to an activating group) is 1. The Balaban J connectivity index is 2.02. The molecule has 1 aliphatic heterocycles. The van der Waals surface area contributed by atoms with E-state index in [0.717, 1.165) is 16.4 Å². The SMILES string of the molecule is CCOCOC(C#CC[C@H](C)OCc1ccc(OC)cc1)[C@H]1OC(C)(C)O[C@H]1C/C=C/C(=O)N(C)OC. The van der Waals surface area contributed by atoms with Crippen molar-refractivity contribution in [3.63, 3.8) is 0 Å². The highest BCUT2D eigenvalue weighted by atomic mass is 16.8. The summed E-state index contributed by atoms with van der Waals surface area (Å²) in [6, 6.07) is 7.77. The molecular weight excluding hydrogens is 478 g/mol. The highest BCUT2D eigenvalue weighted by Crippen LogP contribution is 2.33. The Morgan fingerprint density at radius 3 is 2.57 bits per heavy atom. The minimum atomic E-state index is -0.819. The van der Waals surface area contributed by atoms with Crippen LogP contribution in [0.4, 0.5) is 0 Å². The number of hydrogen-bond acceptors (Lipinski definition) is 8. The number of carbonyl (C=O) groups excluding carboxylic acids is 1. The quantitative estimate of drug-likeness (QED) is 0.120. The van der Waals surface area contributed by atoms with Crippen LogP contribution in [0.15, 0.2) is 36.4 Å². The second-order valence-electron chi connectivity index (χ2n) is 8.99. The van der Waals surface area contributed by atoms with Gasteiger partial charge in [0.25, 0.3) is 5.91 Å². The van der Waals surface area contributed by atoms with Gasteiger partial charge in [-0.2, -0.15) is 0 Å².